The van der Waals surface area contributed by atoms with Gasteiger partial charge in [-0.2, -0.15) is 11.8 Å². The van der Waals surface area contributed by atoms with E-state index >= 15 is 0 Å². The average Bonchev–Trinajstić information content (AvgIpc) is 2.94. The van der Waals surface area contributed by atoms with Gasteiger partial charge in [0.25, 0.3) is 0 Å². The zero-order valence-electron chi connectivity index (χ0n) is 13.3. The molecule has 2 fully saturated rings. The Hall–Kier alpha value is -1.54. The minimum Gasteiger partial charge on any atom is -0.299 e. The molecule has 4 rings (SSSR count). The predicted octanol–water partition coefficient (Wildman–Crippen LogP) is 5.14. The molecule has 2 aromatic carbocycles. The molecule has 0 spiro atoms. The van der Waals surface area contributed by atoms with Crippen LogP contribution in [-0.4, -0.2) is 16.3 Å². The second-order valence-corrected chi connectivity index (χ2v) is 8.44. The zero-order chi connectivity index (χ0) is 15.6. The van der Waals surface area contributed by atoms with Gasteiger partial charge >= 0.3 is 0 Å². The molecule has 1 nitrogen and oxygen atoms in total. The molecule has 2 saturated heterocycles. The average molecular weight is 322 g/mol. The summed E-state index contributed by atoms with van der Waals surface area (Å²) in [5.74, 6) is 0.761. The fourth-order valence-corrected chi connectivity index (χ4v) is 5.69. The van der Waals surface area contributed by atoms with Crippen molar-refractivity contribution in [2.75, 3.05) is 0 Å². The molecule has 2 atom stereocenters. The highest BCUT2D eigenvalue weighted by atomic mass is 32.2. The summed E-state index contributed by atoms with van der Waals surface area (Å²) < 4.78 is 0. The van der Waals surface area contributed by atoms with E-state index in [2.05, 4.69) is 60.3 Å². The maximum atomic E-state index is 12.6. The van der Waals surface area contributed by atoms with E-state index in [1.54, 1.807) is 0 Å². The molecule has 23 heavy (non-hydrogen) atoms. The van der Waals surface area contributed by atoms with Gasteiger partial charge in [-0.05, 0) is 42.4 Å². The van der Waals surface area contributed by atoms with Crippen LogP contribution in [0.3, 0.4) is 0 Å². The molecule has 2 aromatic rings. The van der Waals surface area contributed by atoms with Gasteiger partial charge in [0.15, 0.2) is 0 Å². The van der Waals surface area contributed by atoms with Crippen molar-refractivity contribution in [1.82, 2.24) is 0 Å². The van der Waals surface area contributed by atoms with Crippen LogP contribution in [0.2, 0.25) is 0 Å². The molecule has 0 saturated carbocycles. The number of fused-ring (bicyclic) bond motifs is 2. The molecule has 2 unspecified atom stereocenters. The smallest absolute Gasteiger partial charge is 0.140 e. The summed E-state index contributed by atoms with van der Waals surface area (Å²) in [5.41, 5.74) is 3.60. The number of rotatable bonds is 4. The second kappa shape index (κ2) is 6.52. The summed E-state index contributed by atoms with van der Waals surface area (Å²) >= 11 is 2.13. The highest BCUT2D eigenvalue weighted by molar-refractivity contribution is 8.00. The summed E-state index contributed by atoms with van der Waals surface area (Å²) in [7, 11) is 0. The summed E-state index contributed by atoms with van der Waals surface area (Å²) in [5, 5.41) is 1.51. The predicted molar refractivity (Wildman–Crippen MR) is 97.7 cm³/mol. The zero-order valence-corrected chi connectivity index (χ0v) is 14.1. The van der Waals surface area contributed by atoms with Crippen LogP contribution in [-0.2, 0) is 11.2 Å². The van der Waals surface area contributed by atoms with Crippen LogP contribution in [0.15, 0.2) is 54.6 Å². The van der Waals surface area contributed by atoms with Crippen LogP contribution in [0.25, 0.3) is 11.1 Å². The van der Waals surface area contributed by atoms with E-state index in [4.69, 9.17) is 0 Å². The van der Waals surface area contributed by atoms with E-state index in [1.807, 2.05) is 6.07 Å². The molecule has 118 valence electrons. The van der Waals surface area contributed by atoms with Crippen molar-refractivity contribution >= 4 is 17.5 Å². The van der Waals surface area contributed by atoms with Crippen molar-refractivity contribution in [3.05, 3.63) is 60.2 Å². The first-order valence-corrected chi connectivity index (χ1v) is 9.55. The molecule has 0 N–H and O–H groups in total. The number of thioether (sulfide) groups is 1. The lowest BCUT2D eigenvalue weighted by molar-refractivity contribution is -0.122. The van der Waals surface area contributed by atoms with Gasteiger partial charge in [-0.25, -0.2) is 0 Å². The van der Waals surface area contributed by atoms with Gasteiger partial charge in [0.1, 0.15) is 5.78 Å². The Bertz CT molecular complexity index is 665. The van der Waals surface area contributed by atoms with Gasteiger partial charge in [0.05, 0.1) is 0 Å². The fraction of sp³-hybridized carbons (Fsp3) is 0.381. The van der Waals surface area contributed by atoms with E-state index in [0.717, 1.165) is 28.9 Å². The quantitative estimate of drug-likeness (QED) is 0.775. The normalized spacial score (nSPS) is 26.2. The van der Waals surface area contributed by atoms with Crippen molar-refractivity contribution in [1.29, 1.82) is 0 Å². The van der Waals surface area contributed by atoms with Crippen molar-refractivity contribution in [2.45, 2.75) is 42.6 Å². The molecule has 0 aliphatic carbocycles. The van der Waals surface area contributed by atoms with Crippen LogP contribution in [0, 0.1) is 5.92 Å². The number of carbonyl (C=O) groups is 1. The minimum absolute atomic E-state index is 0.308. The van der Waals surface area contributed by atoms with Crippen LogP contribution >= 0.6 is 11.8 Å². The first kappa shape index (κ1) is 15.0. The molecule has 2 bridgehead atoms. The van der Waals surface area contributed by atoms with Crippen LogP contribution < -0.4 is 0 Å². The number of ketones is 1. The van der Waals surface area contributed by atoms with Crippen LogP contribution in [0.5, 0.6) is 0 Å². The Morgan fingerprint density at radius 2 is 1.48 bits per heavy atom. The van der Waals surface area contributed by atoms with E-state index in [0.29, 0.717) is 18.1 Å². The molecule has 0 radical (unpaired) electrons. The van der Waals surface area contributed by atoms with E-state index < -0.39 is 0 Å². The summed E-state index contributed by atoms with van der Waals surface area (Å²) in [6.07, 6.45) is 5.48. The van der Waals surface area contributed by atoms with Crippen LogP contribution in [0.4, 0.5) is 0 Å². The van der Waals surface area contributed by atoms with Crippen molar-refractivity contribution < 1.29 is 4.79 Å². The van der Waals surface area contributed by atoms with Gasteiger partial charge in [-0.1, -0.05) is 54.6 Å². The molecule has 0 amide bonds. The lowest BCUT2D eigenvalue weighted by Gasteiger charge is -2.26. The molecule has 0 aromatic heterocycles. The van der Waals surface area contributed by atoms with Crippen molar-refractivity contribution in [2.24, 2.45) is 5.92 Å². The molecule has 2 heterocycles. The van der Waals surface area contributed by atoms with Gasteiger partial charge < -0.3 is 0 Å². The first-order chi connectivity index (χ1) is 11.3. The Morgan fingerprint density at radius 3 is 2.13 bits per heavy atom. The van der Waals surface area contributed by atoms with Gasteiger partial charge in [-0.3, -0.25) is 4.79 Å². The third kappa shape index (κ3) is 3.37. The van der Waals surface area contributed by atoms with E-state index in [9.17, 15) is 4.79 Å². The maximum absolute atomic E-state index is 12.6. The monoisotopic (exact) mass is 322 g/mol. The number of benzene rings is 2. The first-order valence-electron chi connectivity index (χ1n) is 8.60. The second-order valence-electron chi connectivity index (χ2n) is 6.83. The summed E-state index contributed by atoms with van der Waals surface area (Å²) in [6.45, 7) is 0. The summed E-state index contributed by atoms with van der Waals surface area (Å²) in [6, 6.07) is 18.9. The lowest BCUT2D eigenvalue weighted by atomic mass is 9.90. The highest BCUT2D eigenvalue weighted by Crippen LogP contribution is 2.46. The van der Waals surface area contributed by atoms with Crippen molar-refractivity contribution in [3.8, 4) is 11.1 Å². The van der Waals surface area contributed by atoms with Gasteiger partial charge in [0, 0.05) is 22.8 Å². The maximum Gasteiger partial charge on any atom is 0.140 e. The highest BCUT2D eigenvalue weighted by Gasteiger charge is 2.37. The largest absolute Gasteiger partial charge is 0.299 e. The molecular weight excluding hydrogens is 300 g/mol. The Kier molecular flexibility index (Phi) is 4.26. The topological polar surface area (TPSA) is 17.1 Å². The fourth-order valence-electron chi connectivity index (χ4n) is 3.91. The number of carbonyl (C=O) groups excluding carboxylic acids is 1. The number of Topliss-reactive ketones (excluding diaryl/α,β-unsaturated/α-hetero) is 1. The van der Waals surface area contributed by atoms with Gasteiger partial charge in [-0.15, -0.1) is 0 Å². The molecule has 2 aliphatic rings. The van der Waals surface area contributed by atoms with Gasteiger partial charge in [0.2, 0.25) is 0 Å². The van der Waals surface area contributed by atoms with E-state index in [-0.39, 0.29) is 0 Å². The Labute approximate surface area is 142 Å². The Balaban J connectivity index is 1.42. The van der Waals surface area contributed by atoms with Crippen molar-refractivity contribution in [3.63, 3.8) is 0 Å². The standard InChI is InChI=1S/C21H22OS/c22-21(18-13-19-10-11-20(14-18)23-19)12-15-6-8-17(9-7-15)16-4-2-1-3-5-16/h1-9,18-20H,10-14H2. The molecular formula is C21H22OS. The lowest BCUT2D eigenvalue weighted by Crippen LogP contribution is -2.25. The molecule has 2 aliphatic heterocycles. The minimum atomic E-state index is 0.308. The number of hydrogen-bond donors (Lipinski definition) is 0. The number of hydrogen-bond acceptors (Lipinski definition) is 2. The SMILES string of the molecule is O=C(Cc1ccc(-c2ccccc2)cc1)C1CC2CCC(C1)S2. The summed E-state index contributed by atoms with van der Waals surface area (Å²) in [4.78, 5) is 12.6. The van der Waals surface area contributed by atoms with E-state index in [1.165, 1.54) is 24.0 Å². The van der Waals surface area contributed by atoms with Crippen LogP contribution in [0.1, 0.15) is 31.2 Å². The third-order valence-corrected chi connectivity index (χ3v) is 6.81. The molecule has 2 heteroatoms. The third-order valence-electron chi connectivity index (χ3n) is 5.19. The Morgan fingerprint density at radius 1 is 0.870 bits per heavy atom.